The van der Waals surface area contributed by atoms with Crippen LogP contribution in [0.5, 0.6) is 0 Å². The van der Waals surface area contributed by atoms with E-state index < -0.39 is 0 Å². The average molecular weight is 448 g/mol. The van der Waals surface area contributed by atoms with Crippen molar-refractivity contribution in [2.45, 2.75) is 71.4 Å². The Balaban J connectivity index is 1.31. The SMILES string of the molecule is CC1=NC(OCCCC2CCN(c3nc(C(C)C)no3)CC2)CC=C1C(=O)NCCCO. The van der Waals surface area contributed by atoms with E-state index in [0.717, 1.165) is 44.6 Å². The summed E-state index contributed by atoms with van der Waals surface area (Å²) in [6.45, 7) is 9.08. The monoisotopic (exact) mass is 447 g/mol. The third-order valence-corrected chi connectivity index (χ3v) is 6.02. The van der Waals surface area contributed by atoms with E-state index in [4.69, 9.17) is 14.4 Å². The maximum atomic E-state index is 12.2. The third-order valence-electron chi connectivity index (χ3n) is 6.02. The minimum absolute atomic E-state index is 0.0687. The predicted molar refractivity (Wildman–Crippen MR) is 123 cm³/mol. The number of anilines is 1. The Morgan fingerprint density at radius 3 is 2.78 bits per heavy atom. The van der Waals surface area contributed by atoms with Crippen molar-refractivity contribution in [3.63, 3.8) is 0 Å². The number of aliphatic hydroxyl groups excluding tert-OH is 1. The molecule has 3 rings (SSSR count). The summed E-state index contributed by atoms with van der Waals surface area (Å²) in [5.41, 5.74) is 1.31. The number of aliphatic hydroxyl groups is 1. The summed E-state index contributed by atoms with van der Waals surface area (Å²) in [5.74, 6) is 1.60. The van der Waals surface area contributed by atoms with Gasteiger partial charge >= 0.3 is 6.01 Å². The molecule has 2 N–H and O–H groups in total. The molecule has 1 amide bonds. The summed E-state index contributed by atoms with van der Waals surface area (Å²) in [6, 6.07) is 0.649. The molecule has 1 unspecified atom stereocenters. The van der Waals surface area contributed by atoms with Gasteiger partial charge in [0.15, 0.2) is 12.1 Å². The number of rotatable bonds is 11. The number of carbonyl (C=O) groups is 1. The molecule has 3 heterocycles. The van der Waals surface area contributed by atoms with Crippen LogP contribution in [0.15, 0.2) is 21.2 Å². The maximum absolute atomic E-state index is 12.2. The van der Waals surface area contributed by atoms with E-state index in [-0.39, 0.29) is 24.7 Å². The first-order valence-corrected chi connectivity index (χ1v) is 11.8. The number of hydrogen-bond acceptors (Lipinski definition) is 8. The molecule has 2 aliphatic heterocycles. The van der Waals surface area contributed by atoms with Crippen molar-refractivity contribution >= 4 is 17.6 Å². The Kier molecular flexibility index (Phi) is 9.23. The Hall–Kier alpha value is -2.26. The van der Waals surface area contributed by atoms with E-state index in [1.54, 1.807) is 0 Å². The highest BCUT2D eigenvalue weighted by Gasteiger charge is 2.24. The third kappa shape index (κ3) is 6.87. The summed E-state index contributed by atoms with van der Waals surface area (Å²) in [6.07, 6.45) is 7.24. The van der Waals surface area contributed by atoms with Crippen molar-refractivity contribution in [3.8, 4) is 0 Å². The van der Waals surface area contributed by atoms with Crippen LogP contribution < -0.4 is 10.2 Å². The molecule has 0 aliphatic carbocycles. The molecule has 0 aromatic carbocycles. The zero-order chi connectivity index (χ0) is 22.9. The molecule has 178 valence electrons. The standard InChI is InChI=1S/C23H37N5O4/c1-16(2)21-26-23(32-27-21)28-12-9-18(10-13-28)6-4-15-31-20-8-7-19(17(3)25-20)22(30)24-11-5-14-29/h7,16,18,20,29H,4-6,8-15H2,1-3H3,(H,24,30). The lowest BCUT2D eigenvalue weighted by molar-refractivity contribution is -0.117. The molecule has 1 aromatic rings. The van der Waals surface area contributed by atoms with Crippen molar-refractivity contribution < 1.29 is 19.2 Å². The molecule has 0 spiro atoms. The summed E-state index contributed by atoms with van der Waals surface area (Å²) >= 11 is 0. The highest BCUT2D eigenvalue weighted by molar-refractivity contribution is 6.21. The molecule has 1 atom stereocenters. The number of aliphatic imine (C=N–C) groups is 1. The quantitative estimate of drug-likeness (QED) is 0.502. The van der Waals surface area contributed by atoms with Crippen LogP contribution in [0.4, 0.5) is 6.01 Å². The molecule has 0 radical (unpaired) electrons. The van der Waals surface area contributed by atoms with Gasteiger partial charge in [-0.25, -0.2) is 0 Å². The molecular formula is C23H37N5O4. The van der Waals surface area contributed by atoms with Crippen molar-refractivity contribution in [1.29, 1.82) is 0 Å². The van der Waals surface area contributed by atoms with Gasteiger partial charge in [-0.3, -0.25) is 9.79 Å². The number of dihydropyridines is 1. The van der Waals surface area contributed by atoms with E-state index >= 15 is 0 Å². The van der Waals surface area contributed by atoms with Gasteiger partial charge in [-0.2, -0.15) is 4.98 Å². The maximum Gasteiger partial charge on any atom is 0.324 e. The topological polar surface area (TPSA) is 113 Å². The second-order valence-corrected chi connectivity index (χ2v) is 8.89. The second-order valence-electron chi connectivity index (χ2n) is 8.89. The number of aromatic nitrogens is 2. The molecule has 0 saturated carbocycles. The molecule has 9 heteroatoms. The first-order chi connectivity index (χ1) is 15.5. The van der Waals surface area contributed by atoms with Gasteiger partial charge in [0.2, 0.25) is 0 Å². The number of nitrogens with zero attached hydrogens (tertiary/aromatic N) is 4. The zero-order valence-corrected chi connectivity index (χ0v) is 19.5. The second kappa shape index (κ2) is 12.1. The molecule has 0 bridgehead atoms. The van der Waals surface area contributed by atoms with Crippen LogP contribution in [0.3, 0.4) is 0 Å². The highest BCUT2D eigenvalue weighted by atomic mass is 16.5. The molecular weight excluding hydrogens is 410 g/mol. The van der Waals surface area contributed by atoms with Crippen LogP contribution in [0.1, 0.15) is 71.0 Å². The van der Waals surface area contributed by atoms with Crippen LogP contribution in [-0.4, -0.2) is 65.9 Å². The van der Waals surface area contributed by atoms with Gasteiger partial charge in [0.1, 0.15) is 0 Å². The number of hydrogen-bond donors (Lipinski definition) is 2. The van der Waals surface area contributed by atoms with Crippen LogP contribution in [0, 0.1) is 5.92 Å². The van der Waals surface area contributed by atoms with Gasteiger partial charge in [0.25, 0.3) is 5.91 Å². The predicted octanol–water partition coefficient (Wildman–Crippen LogP) is 2.82. The van der Waals surface area contributed by atoms with Crippen molar-refractivity contribution in [2.75, 3.05) is 37.7 Å². The Bertz CT molecular complexity index is 796. The van der Waals surface area contributed by atoms with Crippen LogP contribution >= 0.6 is 0 Å². The van der Waals surface area contributed by atoms with Gasteiger partial charge in [-0.05, 0) is 44.9 Å². The van der Waals surface area contributed by atoms with Crippen molar-refractivity contribution in [1.82, 2.24) is 15.5 Å². The van der Waals surface area contributed by atoms with Crippen molar-refractivity contribution in [2.24, 2.45) is 10.9 Å². The van der Waals surface area contributed by atoms with E-state index in [2.05, 4.69) is 39.2 Å². The lowest BCUT2D eigenvalue weighted by Crippen LogP contribution is -2.34. The number of carbonyl (C=O) groups excluding carboxylic acids is 1. The van der Waals surface area contributed by atoms with Gasteiger partial charge in [0, 0.05) is 50.9 Å². The van der Waals surface area contributed by atoms with E-state index in [1.165, 1.54) is 0 Å². The molecule has 1 saturated heterocycles. The smallest absolute Gasteiger partial charge is 0.324 e. The highest BCUT2D eigenvalue weighted by Crippen LogP contribution is 2.26. The molecule has 2 aliphatic rings. The number of ether oxygens (including phenoxy) is 1. The fraction of sp³-hybridized carbons (Fsp3) is 0.739. The Morgan fingerprint density at radius 2 is 2.12 bits per heavy atom. The Morgan fingerprint density at radius 1 is 1.34 bits per heavy atom. The zero-order valence-electron chi connectivity index (χ0n) is 19.5. The minimum Gasteiger partial charge on any atom is -0.396 e. The summed E-state index contributed by atoms with van der Waals surface area (Å²) < 4.78 is 11.4. The van der Waals surface area contributed by atoms with Gasteiger partial charge < -0.3 is 24.6 Å². The molecule has 32 heavy (non-hydrogen) atoms. The average Bonchev–Trinajstić information content (AvgIpc) is 3.28. The fourth-order valence-corrected chi connectivity index (χ4v) is 4.04. The van der Waals surface area contributed by atoms with Gasteiger partial charge in [-0.1, -0.05) is 25.1 Å². The minimum atomic E-state index is -0.210. The first kappa shape index (κ1) is 24.4. The fourth-order valence-electron chi connectivity index (χ4n) is 4.04. The molecule has 9 nitrogen and oxygen atoms in total. The first-order valence-electron chi connectivity index (χ1n) is 11.8. The van der Waals surface area contributed by atoms with Crippen LogP contribution in [-0.2, 0) is 9.53 Å². The van der Waals surface area contributed by atoms with Gasteiger partial charge in [0.05, 0.1) is 5.57 Å². The summed E-state index contributed by atoms with van der Waals surface area (Å²) in [5, 5.41) is 15.7. The van der Waals surface area contributed by atoms with Crippen LogP contribution in [0.2, 0.25) is 0 Å². The summed E-state index contributed by atoms with van der Waals surface area (Å²) in [7, 11) is 0. The van der Waals surface area contributed by atoms with Crippen molar-refractivity contribution in [3.05, 3.63) is 17.5 Å². The normalized spacial score (nSPS) is 19.8. The lowest BCUT2D eigenvalue weighted by atomic mass is 9.92. The summed E-state index contributed by atoms with van der Waals surface area (Å²) in [4.78, 5) is 23.4. The molecule has 1 aromatic heterocycles. The largest absolute Gasteiger partial charge is 0.396 e. The number of piperidine rings is 1. The lowest BCUT2D eigenvalue weighted by Gasteiger charge is -2.30. The molecule has 1 fully saturated rings. The Labute approximate surface area is 190 Å². The van der Waals surface area contributed by atoms with Gasteiger partial charge in [-0.15, -0.1) is 0 Å². The van der Waals surface area contributed by atoms with Crippen LogP contribution in [0.25, 0.3) is 0 Å². The van der Waals surface area contributed by atoms with E-state index in [9.17, 15) is 4.79 Å². The van der Waals surface area contributed by atoms with E-state index in [0.29, 0.717) is 49.2 Å². The van der Waals surface area contributed by atoms with E-state index in [1.807, 2.05) is 13.0 Å². The number of amides is 1. The number of nitrogens with one attached hydrogen (secondary N) is 1.